The van der Waals surface area contributed by atoms with Crippen LogP contribution in [-0.2, 0) is 11.2 Å². The van der Waals surface area contributed by atoms with Gasteiger partial charge in [0.05, 0.1) is 11.4 Å². The number of nitrogens with zero attached hydrogens (tertiary/aromatic N) is 2. The number of carbonyl (C=O) groups excluding carboxylic acids is 1. The molecule has 0 radical (unpaired) electrons. The fourth-order valence-electron chi connectivity index (χ4n) is 1.73. The standard InChI is InChI=1S/C13H15BrN4O2/c1-7-5-9(14)6-10(13(7)15)17-11(19)3-4-12-16-8(2)18-20-12/h5-6H,3-4,15H2,1-2H3,(H,17,19). The van der Waals surface area contributed by atoms with Gasteiger partial charge in [0.2, 0.25) is 11.8 Å². The molecule has 0 spiro atoms. The fraction of sp³-hybridized carbons (Fsp3) is 0.308. The Labute approximate surface area is 124 Å². The molecule has 6 nitrogen and oxygen atoms in total. The molecule has 0 saturated heterocycles. The lowest BCUT2D eigenvalue weighted by Crippen LogP contribution is -2.14. The van der Waals surface area contributed by atoms with Gasteiger partial charge in [-0.2, -0.15) is 4.98 Å². The molecule has 1 aromatic carbocycles. The Morgan fingerprint density at radius 2 is 2.20 bits per heavy atom. The summed E-state index contributed by atoms with van der Waals surface area (Å²) in [5.41, 5.74) is 8.00. The normalized spacial score (nSPS) is 10.6. The van der Waals surface area contributed by atoms with Crippen LogP contribution in [0.3, 0.4) is 0 Å². The zero-order valence-corrected chi connectivity index (χ0v) is 12.8. The number of hydrogen-bond donors (Lipinski definition) is 2. The van der Waals surface area contributed by atoms with Gasteiger partial charge in [-0.3, -0.25) is 4.79 Å². The second kappa shape index (κ2) is 6.04. The first-order valence-corrected chi connectivity index (χ1v) is 6.89. The first kappa shape index (κ1) is 14.5. The average molecular weight is 339 g/mol. The van der Waals surface area contributed by atoms with Crippen molar-refractivity contribution in [3.63, 3.8) is 0 Å². The van der Waals surface area contributed by atoms with Crippen molar-refractivity contribution in [1.29, 1.82) is 0 Å². The van der Waals surface area contributed by atoms with E-state index in [1.807, 2.05) is 13.0 Å². The zero-order chi connectivity index (χ0) is 14.7. The summed E-state index contributed by atoms with van der Waals surface area (Å²) < 4.78 is 5.82. The van der Waals surface area contributed by atoms with Crippen molar-refractivity contribution in [2.24, 2.45) is 0 Å². The Hall–Kier alpha value is -1.89. The van der Waals surface area contributed by atoms with E-state index < -0.39 is 0 Å². The summed E-state index contributed by atoms with van der Waals surface area (Å²) in [6.07, 6.45) is 0.659. The number of halogens is 1. The summed E-state index contributed by atoms with van der Waals surface area (Å²) in [5, 5.41) is 6.46. The molecule has 106 valence electrons. The van der Waals surface area contributed by atoms with E-state index in [0.29, 0.717) is 29.5 Å². The van der Waals surface area contributed by atoms with E-state index in [1.165, 1.54) is 0 Å². The van der Waals surface area contributed by atoms with Gasteiger partial charge in [0.15, 0.2) is 5.82 Å². The van der Waals surface area contributed by atoms with Crippen LogP contribution in [0.25, 0.3) is 0 Å². The Morgan fingerprint density at radius 3 is 2.85 bits per heavy atom. The number of amides is 1. The number of nitrogen functional groups attached to an aromatic ring is 1. The quantitative estimate of drug-likeness (QED) is 0.835. The van der Waals surface area contributed by atoms with Crippen LogP contribution in [-0.4, -0.2) is 16.0 Å². The van der Waals surface area contributed by atoms with Crippen LogP contribution in [0, 0.1) is 13.8 Å². The molecule has 0 atom stereocenters. The van der Waals surface area contributed by atoms with Gasteiger partial charge in [-0.15, -0.1) is 0 Å². The molecular weight excluding hydrogens is 324 g/mol. The predicted molar refractivity (Wildman–Crippen MR) is 79.3 cm³/mol. The summed E-state index contributed by atoms with van der Waals surface area (Å²) >= 11 is 3.38. The molecule has 1 heterocycles. The molecule has 0 aliphatic rings. The minimum atomic E-state index is -0.148. The lowest BCUT2D eigenvalue weighted by atomic mass is 10.1. The molecule has 0 saturated carbocycles. The largest absolute Gasteiger partial charge is 0.397 e. The molecule has 0 unspecified atom stereocenters. The summed E-state index contributed by atoms with van der Waals surface area (Å²) in [4.78, 5) is 15.9. The first-order valence-electron chi connectivity index (χ1n) is 6.10. The maximum Gasteiger partial charge on any atom is 0.227 e. The van der Waals surface area contributed by atoms with Gasteiger partial charge in [0, 0.05) is 17.3 Å². The molecular formula is C13H15BrN4O2. The third kappa shape index (κ3) is 3.57. The molecule has 1 amide bonds. The van der Waals surface area contributed by atoms with Crippen molar-refractivity contribution in [2.75, 3.05) is 11.1 Å². The van der Waals surface area contributed by atoms with Crippen LogP contribution in [0.15, 0.2) is 21.1 Å². The molecule has 0 aliphatic heterocycles. The summed E-state index contributed by atoms with van der Waals surface area (Å²) in [7, 11) is 0. The van der Waals surface area contributed by atoms with Crippen LogP contribution in [0.1, 0.15) is 23.7 Å². The topological polar surface area (TPSA) is 94.0 Å². The van der Waals surface area contributed by atoms with Crippen LogP contribution in [0.5, 0.6) is 0 Å². The Balaban J connectivity index is 1.98. The highest BCUT2D eigenvalue weighted by molar-refractivity contribution is 9.10. The van der Waals surface area contributed by atoms with Crippen molar-refractivity contribution in [3.05, 3.63) is 33.9 Å². The summed E-state index contributed by atoms with van der Waals surface area (Å²) in [5.74, 6) is 0.869. The number of aryl methyl sites for hydroxylation is 3. The molecule has 0 aliphatic carbocycles. The zero-order valence-electron chi connectivity index (χ0n) is 11.2. The van der Waals surface area contributed by atoms with Gasteiger partial charge >= 0.3 is 0 Å². The number of hydrogen-bond acceptors (Lipinski definition) is 5. The van der Waals surface area contributed by atoms with Crippen molar-refractivity contribution in [3.8, 4) is 0 Å². The maximum absolute atomic E-state index is 11.9. The van der Waals surface area contributed by atoms with Crippen LogP contribution >= 0.6 is 15.9 Å². The van der Waals surface area contributed by atoms with Crippen molar-refractivity contribution in [1.82, 2.24) is 10.1 Å². The molecule has 3 N–H and O–H groups in total. The number of nitrogens with two attached hydrogens (primary N) is 1. The fourth-order valence-corrected chi connectivity index (χ4v) is 2.30. The predicted octanol–water partition coefficient (Wildman–Crippen LogP) is 2.60. The molecule has 2 rings (SSSR count). The third-order valence-electron chi connectivity index (χ3n) is 2.76. The lowest BCUT2D eigenvalue weighted by Gasteiger charge is -2.10. The second-order valence-corrected chi connectivity index (χ2v) is 5.38. The molecule has 0 fully saturated rings. The van der Waals surface area contributed by atoms with Gasteiger partial charge < -0.3 is 15.6 Å². The molecule has 7 heteroatoms. The highest BCUT2D eigenvalue weighted by Crippen LogP contribution is 2.27. The van der Waals surface area contributed by atoms with E-state index in [9.17, 15) is 4.79 Å². The van der Waals surface area contributed by atoms with E-state index >= 15 is 0 Å². The monoisotopic (exact) mass is 338 g/mol. The van der Waals surface area contributed by atoms with E-state index in [4.69, 9.17) is 10.3 Å². The Bertz CT molecular complexity index is 639. The minimum absolute atomic E-state index is 0.148. The highest BCUT2D eigenvalue weighted by Gasteiger charge is 2.10. The Kier molecular flexibility index (Phi) is 4.39. The number of rotatable bonds is 4. The van der Waals surface area contributed by atoms with Gasteiger partial charge in [-0.25, -0.2) is 0 Å². The smallest absolute Gasteiger partial charge is 0.227 e. The highest BCUT2D eigenvalue weighted by atomic mass is 79.9. The van der Waals surface area contributed by atoms with Gasteiger partial charge in [-0.05, 0) is 31.5 Å². The van der Waals surface area contributed by atoms with Crippen LogP contribution in [0.2, 0.25) is 0 Å². The van der Waals surface area contributed by atoms with Crippen molar-refractivity contribution in [2.45, 2.75) is 26.7 Å². The molecule has 0 bridgehead atoms. The first-order chi connectivity index (χ1) is 9.45. The lowest BCUT2D eigenvalue weighted by molar-refractivity contribution is -0.116. The molecule has 2 aromatic rings. The third-order valence-corrected chi connectivity index (χ3v) is 3.22. The summed E-state index contributed by atoms with van der Waals surface area (Å²) in [6, 6.07) is 3.67. The van der Waals surface area contributed by atoms with Gasteiger partial charge in [-0.1, -0.05) is 21.1 Å². The maximum atomic E-state index is 11.9. The van der Waals surface area contributed by atoms with Gasteiger partial charge in [0.1, 0.15) is 0 Å². The number of anilines is 2. The van der Waals surface area contributed by atoms with E-state index in [2.05, 4.69) is 31.4 Å². The van der Waals surface area contributed by atoms with Crippen LogP contribution in [0.4, 0.5) is 11.4 Å². The van der Waals surface area contributed by atoms with Crippen molar-refractivity contribution < 1.29 is 9.32 Å². The van der Waals surface area contributed by atoms with Gasteiger partial charge in [0.25, 0.3) is 0 Å². The average Bonchev–Trinajstić information content (AvgIpc) is 2.79. The van der Waals surface area contributed by atoms with E-state index in [0.717, 1.165) is 10.0 Å². The van der Waals surface area contributed by atoms with Crippen molar-refractivity contribution >= 4 is 33.2 Å². The second-order valence-electron chi connectivity index (χ2n) is 4.47. The number of aromatic nitrogens is 2. The number of nitrogens with one attached hydrogen (secondary N) is 1. The van der Waals surface area contributed by atoms with E-state index in [-0.39, 0.29) is 12.3 Å². The molecule has 20 heavy (non-hydrogen) atoms. The minimum Gasteiger partial charge on any atom is -0.397 e. The van der Waals surface area contributed by atoms with Crippen LogP contribution < -0.4 is 11.1 Å². The Morgan fingerprint density at radius 1 is 1.45 bits per heavy atom. The molecule has 1 aromatic heterocycles. The number of carbonyl (C=O) groups is 1. The number of benzene rings is 1. The van der Waals surface area contributed by atoms with E-state index in [1.54, 1.807) is 13.0 Å². The summed E-state index contributed by atoms with van der Waals surface area (Å²) in [6.45, 7) is 3.62. The SMILES string of the molecule is Cc1noc(CCC(=O)Nc2cc(Br)cc(C)c2N)n1.